The van der Waals surface area contributed by atoms with Crippen molar-refractivity contribution in [2.75, 3.05) is 5.06 Å². The van der Waals surface area contributed by atoms with Crippen molar-refractivity contribution in [2.45, 2.75) is 57.3 Å². The predicted molar refractivity (Wildman–Crippen MR) is 196 cm³/mol. The second-order valence-corrected chi connectivity index (χ2v) is 15.6. The second kappa shape index (κ2) is 14.4. The van der Waals surface area contributed by atoms with Crippen LogP contribution in [-0.2, 0) is 38.6 Å². The molecule has 2 heterocycles. The molecule has 0 fully saturated rings. The summed E-state index contributed by atoms with van der Waals surface area (Å²) < 4.78 is 27.5. The van der Waals surface area contributed by atoms with E-state index >= 15 is 0 Å². The first kappa shape index (κ1) is 34.1. The molecule has 3 aromatic carbocycles. The lowest BCUT2D eigenvalue weighted by atomic mass is 9.78. The van der Waals surface area contributed by atoms with E-state index in [9.17, 15) is 23.2 Å². The van der Waals surface area contributed by atoms with Crippen molar-refractivity contribution in [1.82, 2.24) is 0 Å². The lowest BCUT2D eigenvalue weighted by molar-refractivity contribution is -0.117. The third-order valence-electron chi connectivity index (χ3n) is 8.73. The Morgan fingerprint density at radius 1 is 0.918 bits per heavy atom. The van der Waals surface area contributed by atoms with Crippen LogP contribution in [0.3, 0.4) is 0 Å². The molecular weight excluding hydrogens is 657 g/mol. The minimum absolute atomic E-state index is 0.150. The Bertz CT molecular complexity index is 2110. The molecule has 0 bridgehead atoms. The molecule has 2 aliphatic carbocycles. The van der Waals surface area contributed by atoms with Gasteiger partial charge in [0.05, 0.1) is 17.0 Å². The Balaban J connectivity index is 0.000000295. The van der Waals surface area contributed by atoms with E-state index in [0.29, 0.717) is 10.8 Å². The van der Waals surface area contributed by atoms with Gasteiger partial charge in [0, 0.05) is 21.6 Å². The van der Waals surface area contributed by atoms with Gasteiger partial charge in [-0.3, -0.25) is 10.0 Å². The minimum Gasteiger partial charge on any atom is -0.445 e. The van der Waals surface area contributed by atoms with Crippen LogP contribution in [0.5, 0.6) is 0 Å². The zero-order valence-corrected chi connectivity index (χ0v) is 29.0. The smallest absolute Gasteiger partial charge is 0.438 e. The summed E-state index contributed by atoms with van der Waals surface area (Å²) in [7, 11) is -3.29. The number of hydroxylamine groups is 1. The van der Waals surface area contributed by atoms with Crippen LogP contribution in [0, 0.1) is 0 Å². The van der Waals surface area contributed by atoms with Crippen LogP contribution in [-0.4, -0.2) is 37.0 Å². The number of allylic oxidation sites excluding steroid dienone is 3. The number of ether oxygens (including phenoxy) is 1. The van der Waals surface area contributed by atoms with Crippen molar-refractivity contribution in [3.8, 4) is 21.6 Å². The number of anilines is 1. The zero-order valence-electron chi connectivity index (χ0n) is 27.3. The molecule has 10 heteroatoms. The second-order valence-electron chi connectivity index (χ2n) is 12.5. The van der Waals surface area contributed by atoms with E-state index in [1.165, 1.54) is 56.0 Å². The average Bonchev–Trinajstić information content (AvgIpc) is 3.59. The first-order valence-corrected chi connectivity index (χ1v) is 18.6. The van der Waals surface area contributed by atoms with Crippen molar-refractivity contribution in [1.29, 1.82) is 0 Å². The van der Waals surface area contributed by atoms with Crippen LogP contribution >= 0.6 is 11.3 Å². The number of primary amides is 1. The van der Waals surface area contributed by atoms with E-state index in [2.05, 4.69) is 54.6 Å². The predicted octanol–water partition coefficient (Wildman–Crippen LogP) is 8.14. The highest BCUT2D eigenvalue weighted by atomic mass is 32.2. The van der Waals surface area contributed by atoms with E-state index in [1.54, 1.807) is 37.3 Å². The number of hydrogen-bond acceptors (Lipinski definition) is 7. The first-order valence-electron chi connectivity index (χ1n) is 16.2. The summed E-state index contributed by atoms with van der Waals surface area (Å²) in [5.41, 5.74) is 16.2. The summed E-state index contributed by atoms with van der Waals surface area (Å²) in [6, 6.07) is 25.0. The van der Waals surface area contributed by atoms with Gasteiger partial charge in [-0.2, -0.15) is 5.06 Å². The van der Waals surface area contributed by atoms with Crippen LogP contribution in [0.15, 0.2) is 96.4 Å². The molecule has 1 aliphatic heterocycles. The third-order valence-corrected chi connectivity index (χ3v) is 11.6. The van der Waals surface area contributed by atoms with Crippen molar-refractivity contribution in [2.24, 2.45) is 5.73 Å². The molecule has 7 rings (SSSR count). The van der Waals surface area contributed by atoms with E-state index in [-0.39, 0.29) is 12.5 Å². The minimum atomic E-state index is -3.29. The summed E-state index contributed by atoms with van der Waals surface area (Å²) in [5, 5.41) is 11.2. The summed E-state index contributed by atoms with van der Waals surface area (Å²) in [4.78, 5) is 24.9. The van der Waals surface area contributed by atoms with Gasteiger partial charge in [-0.05, 0) is 108 Å². The Hall–Kier alpha value is -4.77. The normalized spacial score (nSPS) is 16.7. The van der Waals surface area contributed by atoms with Gasteiger partial charge in [0.25, 0.3) is 0 Å². The van der Waals surface area contributed by atoms with Crippen molar-refractivity contribution in [3.05, 3.63) is 124 Å². The number of aryl methyl sites for hydroxylation is 1. The van der Waals surface area contributed by atoms with Crippen molar-refractivity contribution >= 4 is 50.5 Å². The van der Waals surface area contributed by atoms with E-state index in [4.69, 9.17) is 10.5 Å². The molecule has 2 amide bonds. The molecule has 0 radical (unpaired) electrons. The average molecular weight is 695 g/mol. The first-order chi connectivity index (χ1) is 23.5. The van der Waals surface area contributed by atoms with E-state index in [0.717, 1.165) is 41.5 Å². The quantitative estimate of drug-likeness (QED) is 0.155. The van der Waals surface area contributed by atoms with Crippen LogP contribution < -0.4 is 10.8 Å². The number of benzene rings is 3. The highest BCUT2D eigenvalue weighted by Crippen LogP contribution is 2.42. The SMILES string of the molecule is CC(C)OC(=O)N(O)c1cccc(-c2ccc(C3=Cc4ccc5c(c4CC3)CCc3ccccc3-5)s2)c1.NC(=O)CC1C=CC=CS1(=O)=O. The van der Waals surface area contributed by atoms with E-state index < -0.39 is 27.1 Å². The maximum absolute atomic E-state index is 12.1. The summed E-state index contributed by atoms with van der Waals surface area (Å²) in [6.45, 7) is 3.50. The van der Waals surface area contributed by atoms with Crippen LogP contribution in [0.4, 0.5) is 10.5 Å². The number of sulfone groups is 1. The van der Waals surface area contributed by atoms with Crippen LogP contribution in [0.25, 0.3) is 33.2 Å². The molecule has 252 valence electrons. The number of carbonyl (C=O) groups excluding carboxylic acids is 2. The van der Waals surface area contributed by atoms with Gasteiger partial charge in [0.1, 0.15) is 0 Å². The molecule has 3 aliphatic rings. The standard InChI is InChI=1S/C32H29NO3S.C7H9NO3S/c1-20(2)36-32(34)33(35)25-8-5-7-23(19-25)30-16-17-31(37-30)24-12-13-27-22(18-24)11-15-28-26-9-4-3-6-21(26)10-14-29(27)28;8-7(9)5-6-3-1-2-4-12(6,10)11/h3-9,11,15-20,35H,10,12-14H2,1-2H3;1-4,6H,5H2,(H2,8,9). The Labute approximate surface area is 290 Å². The number of amides is 2. The molecule has 1 unspecified atom stereocenters. The number of carbonyl (C=O) groups is 2. The van der Waals surface area contributed by atoms with Gasteiger partial charge in [-0.15, -0.1) is 11.3 Å². The monoisotopic (exact) mass is 694 g/mol. The summed E-state index contributed by atoms with van der Waals surface area (Å²) in [6.07, 6.45) is 9.92. The molecule has 3 N–H and O–H groups in total. The molecule has 8 nitrogen and oxygen atoms in total. The molecule has 49 heavy (non-hydrogen) atoms. The van der Waals surface area contributed by atoms with Crippen LogP contribution in [0.1, 0.15) is 53.8 Å². The number of rotatable bonds is 6. The Morgan fingerprint density at radius 3 is 2.47 bits per heavy atom. The van der Waals surface area contributed by atoms with E-state index in [1.807, 2.05) is 18.2 Å². The van der Waals surface area contributed by atoms with Crippen LogP contribution in [0.2, 0.25) is 0 Å². The Morgan fingerprint density at radius 2 is 1.69 bits per heavy atom. The molecule has 1 atom stereocenters. The summed E-state index contributed by atoms with van der Waals surface area (Å²) >= 11 is 1.74. The lowest BCUT2D eigenvalue weighted by Crippen LogP contribution is -2.29. The largest absolute Gasteiger partial charge is 0.445 e. The molecule has 0 spiro atoms. The van der Waals surface area contributed by atoms with Gasteiger partial charge in [-0.25, -0.2) is 13.2 Å². The van der Waals surface area contributed by atoms with Gasteiger partial charge >= 0.3 is 6.09 Å². The zero-order chi connectivity index (χ0) is 34.7. The summed E-state index contributed by atoms with van der Waals surface area (Å²) in [5.74, 6) is -0.608. The number of nitrogens with zero attached hydrogens (tertiary/aromatic N) is 1. The fourth-order valence-electron chi connectivity index (χ4n) is 6.40. The highest BCUT2D eigenvalue weighted by Gasteiger charge is 2.25. The third kappa shape index (κ3) is 7.62. The maximum atomic E-state index is 12.1. The number of hydrogen-bond donors (Lipinski definition) is 2. The highest BCUT2D eigenvalue weighted by molar-refractivity contribution is 7.95. The number of fused-ring (bicyclic) bond motifs is 5. The topological polar surface area (TPSA) is 127 Å². The number of thiophene rings is 1. The molecule has 0 saturated carbocycles. The van der Waals surface area contributed by atoms with Gasteiger partial charge in [0.2, 0.25) is 5.91 Å². The van der Waals surface area contributed by atoms with Crippen molar-refractivity contribution in [3.63, 3.8) is 0 Å². The maximum Gasteiger partial charge on any atom is 0.438 e. The lowest BCUT2D eigenvalue weighted by Gasteiger charge is -2.26. The molecule has 1 aromatic heterocycles. The number of nitrogens with two attached hydrogens (primary N) is 1. The van der Waals surface area contributed by atoms with Gasteiger partial charge in [0.15, 0.2) is 9.84 Å². The Kier molecular flexibility index (Phi) is 10.0. The van der Waals surface area contributed by atoms with Crippen molar-refractivity contribution < 1.29 is 28.0 Å². The molecular formula is C39H38N2O6S2. The molecule has 4 aromatic rings. The van der Waals surface area contributed by atoms with Gasteiger partial charge < -0.3 is 10.5 Å². The molecule has 0 saturated heterocycles. The fourth-order valence-corrected chi connectivity index (χ4v) is 8.67. The fraction of sp³-hybridized carbons (Fsp3) is 0.231. The van der Waals surface area contributed by atoms with Gasteiger partial charge in [-0.1, -0.05) is 72.8 Å².